The number of imide groups is 1. The Hall–Kier alpha value is -3.41. The van der Waals surface area contributed by atoms with Crippen molar-refractivity contribution in [3.8, 4) is 5.75 Å². The maximum absolute atomic E-state index is 12.5. The summed E-state index contributed by atoms with van der Waals surface area (Å²) < 4.78 is 5.41. The Kier molecular flexibility index (Phi) is 6.12. The van der Waals surface area contributed by atoms with Crippen LogP contribution in [0.15, 0.2) is 61.2 Å². The van der Waals surface area contributed by atoms with Gasteiger partial charge in [0, 0.05) is 17.7 Å². The van der Waals surface area contributed by atoms with E-state index < -0.39 is 5.41 Å². The molecule has 0 radical (unpaired) electrons. The first-order chi connectivity index (χ1) is 14.0. The summed E-state index contributed by atoms with van der Waals surface area (Å²) in [5.41, 5.74) is 1.27. The van der Waals surface area contributed by atoms with E-state index in [4.69, 9.17) is 4.74 Å². The Labute approximate surface area is 170 Å². The Bertz CT molecular complexity index is 919. The van der Waals surface area contributed by atoms with Gasteiger partial charge in [0.05, 0.1) is 5.41 Å². The number of hydrogen-bond acceptors (Lipinski definition) is 4. The topological polar surface area (TPSA) is 84.5 Å². The standard InChI is InChI=1S/C23H24N2O4/c1-3-15-29-19-11-5-16(6-12-19)21(27)24-18-9-7-17(8-10-18)23(4-2)14-13-20(26)25-22(23)28/h3,5-12H,1,4,13-15H2,2H3,(H,24,27)(H,25,26,28). The van der Waals surface area contributed by atoms with Gasteiger partial charge in [0.1, 0.15) is 12.4 Å². The molecule has 1 heterocycles. The van der Waals surface area contributed by atoms with E-state index in [1.165, 1.54) is 0 Å². The second kappa shape index (κ2) is 8.73. The van der Waals surface area contributed by atoms with E-state index in [0.29, 0.717) is 42.9 Å². The van der Waals surface area contributed by atoms with E-state index in [1.807, 2.05) is 19.1 Å². The predicted molar refractivity (Wildman–Crippen MR) is 111 cm³/mol. The third-order valence-electron chi connectivity index (χ3n) is 5.25. The molecule has 6 heteroatoms. The number of carbonyl (C=O) groups is 3. The molecule has 2 aromatic rings. The fraction of sp³-hybridized carbons (Fsp3) is 0.261. The summed E-state index contributed by atoms with van der Waals surface area (Å²) in [6.45, 7) is 5.94. The second-order valence-corrected chi connectivity index (χ2v) is 6.97. The summed E-state index contributed by atoms with van der Waals surface area (Å²) in [5.74, 6) is -0.0604. The molecule has 2 aromatic carbocycles. The fourth-order valence-electron chi connectivity index (χ4n) is 3.50. The summed E-state index contributed by atoms with van der Waals surface area (Å²) in [6, 6.07) is 14.1. The third-order valence-corrected chi connectivity index (χ3v) is 5.25. The predicted octanol–water partition coefficient (Wildman–Crippen LogP) is 3.59. The lowest BCUT2D eigenvalue weighted by atomic mass is 9.72. The van der Waals surface area contributed by atoms with Gasteiger partial charge in [0.25, 0.3) is 5.91 Å². The molecule has 1 fully saturated rings. The van der Waals surface area contributed by atoms with Crippen molar-refractivity contribution in [2.24, 2.45) is 0 Å². The number of hydrogen-bond donors (Lipinski definition) is 2. The minimum atomic E-state index is -0.711. The molecule has 2 N–H and O–H groups in total. The molecule has 3 rings (SSSR count). The van der Waals surface area contributed by atoms with Crippen molar-refractivity contribution in [1.29, 1.82) is 0 Å². The average Bonchev–Trinajstić information content (AvgIpc) is 2.74. The van der Waals surface area contributed by atoms with Gasteiger partial charge in [-0.25, -0.2) is 0 Å². The van der Waals surface area contributed by atoms with Gasteiger partial charge in [-0.05, 0) is 54.8 Å². The summed E-state index contributed by atoms with van der Waals surface area (Å²) in [5, 5.41) is 5.29. The number of amides is 3. The minimum Gasteiger partial charge on any atom is -0.490 e. The lowest BCUT2D eigenvalue weighted by molar-refractivity contribution is -0.138. The summed E-state index contributed by atoms with van der Waals surface area (Å²) in [6.07, 6.45) is 3.06. The van der Waals surface area contributed by atoms with Gasteiger partial charge in [-0.1, -0.05) is 31.7 Å². The number of piperidine rings is 1. The van der Waals surface area contributed by atoms with Gasteiger partial charge in [0.2, 0.25) is 11.8 Å². The summed E-state index contributed by atoms with van der Waals surface area (Å²) >= 11 is 0. The van der Waals surface area contributed by atoms with E-state index >= 15 is 0 Å². The molecule has 3 amide bonds. The first-order valence-corrected chi connectivity index (χ1v) is 9.58. The number of rotatable bonds is 7. The van der Waals surface area contributed by atoms with Crippen LogP contribution in [0.1, 0.15) is 42.1 Å². The first kappa shape index (κ1) is 20.3. The van der Waals surface area contributed by atoms with Crippen molar-refractivity contribution in [1.82, 2.24) is 5.32 Å². The van der Waals surface area contributed by atoms with Gasteiger partial charge in [-0.2, -0.15) is 0 Å². The van der Waals surface area contributed by atoms with Crippen LogP contribution in [0.5, 0.6) is 5.75 Å². The molecular weight excluding hydrogens is 368 g/mol. The Morgan fingerprint density at radius 3 is 2.45 bits per heavy atom. The van der Waals surface area contributed by atoms with Crippen LogP contribution in [0.25, 0.3) is 0 Å². The molecule has 150 valence electrons. The van der Waals surface area contributed by atoms with Gasteiger partial charge in [-0.3, -0.25) is 19.7 Å². The van der Waals surface area contributed by atoms with E-state index in [2.05, 4.69) is 17.2 Å². The van der Waals surface area contributed by atoms with Crippen LogP contribution in [0.3, 0.4) is 0 Å². The van der Waals surface area contributed by atoms with Crippen molar-refractivity contribution in [2.45, 2.75) is 31.6 Å². The lowest BCUT2D eigenvalue weighted by Gasteiger charge is -2.35. The lowest BCUT2D eigenvalue weighted by Crippen LogP contribution is -2.51. The number of ether oxygens (including phenoxy) is 1. The van der Waals surface area contributed by atoms with Crippen LogP contribution in [0.2, 0.25) is 0 Å². The maximum atomic E-state index is 12.5. The number of carbonyl (C=O) groups excluding carboxylic acids is 3. The third kappa shape index (κ3) is 4.37. The Morgan fingerprint density at radius 1 is 1.17 bits per heavy atom. The van der Waals surface area contributed by atoms with Gasteiger partial charge >= 0.3 is 0 Å². The molecule has 0 bridgehead atoms. The molecule has 0 aliphatic carbocycles. The van der Waals surface area contributed by atoms with Crippen LogP contribution in [0.4, 0.5) is 5.69 Å². The highest BCUT2D eigenvalue weighted by atomic mass is 16.5. The molecule has 6 nitrogen and oxygen atoms in total. The highest BCUT2D eigenvalue weighted by Gasteiger charge is 2.42. The van der Waals surface area contributed by atoms with Gasteiger partial charge < -0.3 is 10.1 Å². The molecule has 0 aromatic heterocycles. The van der Waals surface area contributed by atoms with Crippen molar-refractivity contribution >= 4 is 23.4 Å². The zero-order valence-electron chi connectivity index (χ0n) is 16.4. The summed E-state index contributed by atoms with van der Waals surface area (Å²) in [7, 11) is 0. The molecule has 1 aliphatic rings. The number of nitrogens with one attached hydrogen (secondary N) is 2. The van der Waals surface area contributed by atoms with E-state index in [-0.39, 0.29) is 17.7 Å². The van der Waals surface area contributed by atoms with Crippen molar-refractivity contribution in [3.63, 3.8) is 0 Å². The Morgan fingerprint density at radius 2 is 1.86 bits per heavy atom. The van der Waals surface area contributed by atoms with E-state index in [0.717, 1.165) is 5.56 Å². The molecule has 1 aliphatic heterocycles. The highest BCUT2D eigenvalue weighted by molar-refractivity contribution is 6.05. The molecule has 0 spiro atoms. The fourth-order valence-corrected chi connectivity index (χ4v) is 3.50. The SMILES string of the molecule is C=CCOc1ccc(C(=O)Nc2ccc(C3(CC)CCC(=O)NC3=O)cc2)cc1. The minimum absolute atomic E-state index is 0.233. The largest absolute Gasteiger partial charge is 0.490 e. The van der Waals surface area contributed by atoms with Crippen molar-refractivity contribution < 1.29 is 19.1 Å². The van der Waals surface area contributed by atoms with Crippen LogP contribution in [-0.4, -0.2) is 24.3 Å². The monoisotopic (exact) mass is 392 g/mol. The first-order valence-electron chi connectivity index (χ1n) is 9.58. The molecule has 0 saturated carbocycles. The van der Waals surface area contributed by atoms with E-state index in [1.54, 1.807) is 42.5 Å². The zero-order chi connectivity index (χ0) is 20.9. The maximum Gasteiger partial charge on any atom is 0.255 e. The van der Waals surface area contributed by atoms with Crippen LogP contribution in [0, 0.1) is 0 Å². The van der Waals surface area contributed by atoms with Gasteiger partial charge in [0.15, 0.2) is 0 Å². The number of anilines is 1. The van der Waals surface area contributed by atoms with Crippen molar-refractivity contribution in [2.75, 3.05) is 11.9 Å². The molecule has 29 heavy (non-hydrogen) atoms. The smallest absolute Gasteiger partial charge is 0.255 e. The summed E-state index contributed by atoms with van der Waals surface area (Å²) in [4.78, 5) is 36.4. The molecule has 1 atom stereocenters. The van der Waals surface area contributed by atoms with Crippen LogP contribution >= 0.6 is 0 Å². The molecular formula is C23H24N2O4. The highest BCUT2D eigenvalue weighted by Crippen LogP contribution is 2.36. The zero-order valence-corrected chi connectivity index (χ0v) is 16.4. The molecule has 1 unspecified atom stereocenters. The normalized spacial score (nSPS) is 18.7. The second-order valence-electron chi connectivity index (χ2n) is 6.97. The Balaban J connectivity index is 1.70. The van der Waals surface area contributed by atoms with Crippen LogP contribution in [-0.2, 0) is 15.0 Å². The van der Waals surface area contributed by atoms with Crippen molar-refractivity contribution in [3.05, 3.63) is 72.3 Å². The van der Waals surface area contributed by atoms with Gasteiger partial charge in [-0.15, -0.1) is 0 Å². The average molecular weight is 392 g/mol. The van der Waals surface area contributed by atoms with E-state index in [9.17, 15) is 14.4 Å². The molecule has 1 saturated heterocycles. The quantitative estimate of drug-likeness (QED) is 0.557. The number of benzene rings is 2. The van der Waals surface area contributed by atoms with Crippen LogP contribution < -0.4 is 15.4 Å².